The van der Waals surface area contributed by atoms with Gasteiger partial charge in [0.05, 0.1) is 0 Å². The lowest BCUT2D eigenvalue weighted by atomic mass is 10.1. The SMILES string of the molecule is Cc1cc(F)ccc1C(=O)NCCCCO. The van der Waals surface area contributed by atoms with E-state index in [9.17, 15) is 9.18 Å². The Balaban J connectivity index is 2.53. The van der Waals surface area contributed by atoms with Crippen LogP contribution >= 0.6 is 0 Å². The second kappa shape index (κ2) is 6.23. The zero-order chi connectivity index (χ0) is 12.0. The van der Waals surface area contributed by atoms with Gasteiger partial charge in [-0.2, -0.15) is 0 Å². The van der Waals surface area contributed by atoms with Crippen molar-refractivity contribution >= 4 is 5.91 Å². The van der Waals surface area contributed by atoms with Crippen LogP contribution in [0.1, 0.15) is 28.8 Å². The van der Waals surface area contributed by atoms with Crippen molar-refractivity contribution in [2.45, 2.75) is 19.8 Å². The lowest BCUT2D eigenvalue weighted by Gasteiger charge is -2.07. The number of nitrogens with one attached hydrogen (secondary N) is 1. The van der Waals surface area contributed by atoms with Crippen LogP contribution in [-0.4, -0.2) is 24.2 Å². The number of hydrogen-bond donors (Lipinski definition) is 2. The molecule has 0 aliphatic carbocycles. The van der Waals surface area contributed by atoms with Crippen molar-refractivity contribution in [1.82, 2.24) is 5.32 Å². The van der Waals surface area contributed by atoms with E-state index in [0.29, 0.717) is 24.1 Å². The molecule has 0 aliphatic rings. The maximum atomic E-state index is 12.8. The number of unbranched alkanes of at least 4 members (excludes halogenated alkanes) is 1. The number of amides is 1. The molecule has 0 saturated carbocycles. The van der Waals surface area contributed by atoms with Gasteiger partial charge in [0.15, 0.2) is 0 Å². The third-order valence-corrected chi connectivity index (χ3v) is 2.30. The Hall–Kier alpha value is -1.42. The van der Waals surface area contributed by atoms with Gasteiger partial charge in [0.2, 0.25) is 0 Å². The quantitative estimate of drug-likeness (QED) is 0.748. The van der Waals surface area contributed by atoms with E-state index >= 15 is 0 Å². The van der Waals surface area contributed by atoms with E-state index in [2.05, 4.69) is 5.32 Å². The molecule has 1 rings (SSSR count). The molecule has 0 fully saturated rings. The fraction of sp³-hybridized carbons (Fsp3) is 0.417. The van der Waals surface area contributed by atoms with Gasteiger partial charge in [0, 0.05) is 18.7 Å². The summed E-state index contributed by atoms with van der Waals surface area (Å²) in [6, 6.07) is 4.09. The van der Waals surface area contributed by atoms with Crippen LogP contribution in [0.15, 0.2) is 18.2 Å². The average molecular weight is 225 g/mol. The minimum Gasteiger partial charge on any atom is -0.396 e. The molecular formula is C12H16FNO2. The third-order valence-electron chi connectivity index (χ3n) is 2.30. The first-order valence-corrected chi connectivity index (χ1v) is 5.30. The summed E-state index contributed by atoms with van der Waals surface area (Å²) in [6.07, 6.45) is 1.41. The van der Waals surface area contributed by atoms with Gasteiger partial charge in [-0.3, -0.25) is 4.79 Å². The van der Waals surface area contributed by atoms with E-state index in [4.69, 9.17) is 5.11 Å². The van der Waals surface area contributed by atoms with Crippen molar-refractivity contribution in [3.05, 3.63) is 35.1 Å². The minimum absolute atomic E-state index is 0.130. The maximum Gasteiger partial charge on any atom is 0.251 e. The highest BCUT2D eigenvalue weighted by atomic mass is 19.1. The highest BCUT2D eigenvalue weighted by Gasteiger charge is 2.08. The van der Waals surface area contributed by atoms with E-state index in [0.717, 1.165) is 6.42 Å². The number of benzene rings is 1. The molecule has 88 valence electrons. The smallest absolute Gasteiger partial charge is 0.251 e. The molecule has 0 radical (unpaired) electrons. The van der Waals surface area contributed by atoms with E-state index < -0.39 is 0 Å². The number of aliphatic hydroxyl groups is 1. The summed E-state index contributed by atoms with van der Waals surface area (Å²) in [5.41, 5.74) is 1.12. The second-order valence-corrected chi connectivity index (χ2v) is 3.65. The molecule has 1 amide bonds. The van der Waals surface area contributed by atoms with Crippen molar-refractivity contribution in [3.8, 4) is 0 Å². The van der Waals surface area contributed by atoms with Crippen LogP contribution in [0.25, 0.3) is 0 Å². The molecule has 0 spiro atoms. The van der Waals surface area contributed by atoms with Crippen LogP contribution in [0.2, 0.25) is 0 Å². The summed E-state index contributed by atoms with van der Waals surface area (Å²) in [5, 5.41) is 11.3. The van der Waals surface area contributed by atoms with Gasteiger partial charge in [-0.05, 0) is 43.5 Å². The Morgan fingerprint density at radius 1 is 1.44 bits per heavy atom. The van der Waals surface area contributed by atoms with Gasteiger partial charge >= 0.3 is 0 Å². The molecular weight excluding hydrogens is 209 g/mol. The molecule has 0 heterocycles. The second-order valence-electron chi connectivity index (χ2n) is 3.65. The molecule has 0 saturated heterocycles. The van der Waals surface area contributed by atoms with Crippen LogP contribution in [0.3, 0.4) is 0 Å². The highest BCUT2D eigenvalue weighted by molar-refractivity contribution is 5.95. The van der Waals surface area contributed by atoms with E-state index in [-0.39, 0.29) is 18.3 Å². The van der Waals surface area contributed by atoms with Crippen molar-refractivity contribution in [1.29, 1.82) is 0 Å². The normalized spacial score (nSPS) is 10.2. The van der Waals surface area contributed by atoms with Crippen molar-refractivity contribution < 1.29 is 14.3 Å². The van der Waals surface area contributed by atoms with E-state index in [1.165, 1.54) is 18.2 Å². The zero-order valence-corrected chi connectivity index (χ0v) is 9.29. The van der Waals surface area contributed by atoms with E-state index in [1.54, 1.807) is 6.92 Å². The third kappa shape index (κ3) is 3.62. The molecule has 0 aliphatic heterocycles. The molecule has 1 aromatic rings. The van der Waals surface area contributed by atoms with Gasteiger partial charge in [-0.15, -0.1) is 0 Å². The minimum atomic E-state index is -0.339. The molecule has 0 unspecified atom stereocenters. The summed E-state index contributed by atoms with van der Waals surface area (Å²) in [6.45, 7) is 2.35. The summed E-state index contributed by atoms with van der Waals surface area (Å²) < 4.78 is 12.8. The number of aryl methyl sites for hydroxylation is 1. The van der Waals surface area contributed by atoms with Gasteiger partial charge in [0.25, 0.3) is 5.91 Å². The van der Waals surface area contributed by atoms with Gasteiger partial charge in [-0.1, -0.05) is 0 Å². The number of carbonyl (C=O) groups excluding carboxylic acids is 1. The summed E-state index contributed by atoms with van der Waals surface area (Å²) in [7, 11) is 0. The first-order valence-electron chi connectivity index (χ1n) is 5.30. The predicted molar refractivity (Wildman–Crippen MR) is 59.8 cm³/mol. The topological polar surface area (TPSA) is 49.3 Å². The number of hydrogen-bond acceptors (Lipinski definition) is 2. The Morgan fingerprint density at radius 2 is 2.19 bits per heavy atom. The number of carbonyl (C=O) groups is 1. The lowest BCUT2D eigenvalue weighted by molar-refractivity contribution is 0.0951. The first-order chi connectivity index (χ1) is 7.65. The van der Waals surface area contributed by atoms with Gasteiger partial charge in [-0.25, -0.2) is 4.39 Å². The van der Waals surface area contributed by atoms with Crippen LogP contribution in [0.4, 0.5) is 4.39 Å². The average Bonchev–Trinajstić information content (AvgIpc) is 2.24. The number of halogens is 1. The standard InChI is InChI=1S/C12H16FNO2/c1-9-8-10(13)4-5-11(9)12(16)14-6-2-3-7-15/h4-5,8,15H,2-3,6-7H2,1H3,(H,14,16). The van der Waals surface area contributed by atoms with Crippen LogP contribution in [0.5, 0.6) is 0 Å². The van der Waals surface area contributed by atoms with Crippen molar-refractivity contribution in [2.75, 3.05) is 13.2 Å². The first kappa shape index (κ1) is 12.6. The summed E-state index contributed by atoms with van der Waals surface area (Å²) in [5.74, 6) is -0.537. The fourth-order valence-electron chi connectivity index (χ4n) is 1.42. The highest BCUT2D eigenvalue weighted by Crippen LogP contribution is 2.09. The van der Waals surface area contributed by atoms with Crippen LogP contribution in [0, 0.1) is 12.7 Å². The predicted octanol–water partition coefficient (Wildman–Crippen LogP) is 1.64. The summed E-state index contributed by atoms with van der Waals surface area (Å²) in [4.78, 5) is 11.6. The Bertz CT molecular complexity index is 366. The van der Waals surface area contributed by atoms with Gasteiger partial charge < -0.3 is 10.4 Å². The molecule has 3 nitrogen and oxygen atoms in total. The molecule has 0 bridgehead atoms. The monoisotopic (exact) mass is 225 g/mol. The number of rotatable bonds is 5. The molecule has 4 heteroatoms. The fourth-order valence-corrected chi connectivity index (χ4v) is 1.42. The van der Waals surface area contributed by atoms with Crippen LogP contribution < -0.4 is 5.32 Å². The largest absolute Gasteiger partial charge is 0.396 e. The van der Waals surface area contributed by atoms with Crippen molar-refractivity contribution in [2.24, 2.45) is 0 Å². The van der Waals surface area contributed by atoms with E-state index in [1.807, 2.05) is 0 Å². The van der Waals surface area contributed by atoms with Crippen molar-refractivity contribution in [3.63, 3.8) is 0 Å². The lowest BCUT2D eigenvalue weighted by Crippen LogP contribution is -2.25. The Morgan fingerprint density at radius 3 is 2.81 bits per heavy atom. The zero-order valence-electron chi connectivity index (χ0n) is 9.29. The van der Waals surface area contributed by atoms with Crippen LogP contribution in [-0.2, 0) is 0 Å². The molecule has 0 aromatic heterocycles. The molecule has 16 heavy (non-hydrogen) atoms. The molecule has 0 atom stereocenters. The Kier molecular flexibility index (Phi) is 4.92. The Labute approximate surface area is 94.3 Å². The molecule has 2 N–H and O–H groups in total. The number of aliphatic hydroxyl groups excluding tert-OH is 1. The van der Waals surface area contributed by atoms with Gasteiger partial charge in [0.1, 0.15) is 5.82 Å². The maximum absolute atomic E-state index is 12.8. The molecule has 1 aromatic carbocycles. The summed E-state index contributed by atoms with van der Waals surface area (Å²) >= 11 is 0.